The van der Waals surface area contributed by atoms with Crippen LogP contribution in [0.3, 0.4) is 0 Å². The molecule has 0 fully saturated rings. The van der Waals surface area contributed by atoms with Gasteiger partial charge in [0.15, 0.2) is 6.39 Å². The van der Waals surface area contributed by atoms with Gasteiger partial charge in [-0.2, -0.15) is 0 Å². The third-order valence-corrected chi connectivity index (χ3v) is 2.34. The zero-order valence-electron chi connectivity index (χ0n) is 8.44. The minimum absolute atomic E-state index is 0.267. The Morgan fingerprint density at radius 1 is 1.50 bits per heavy atom. The molecule has 0 amide bonds. The number of hydrogen-bond acceptors (Lipinski definition) is 4. The number of nitrogens with zero attached hydrogens (tertiary/aromatic N) is 1. The van der Waals surface area contributed by atoms with E-state index in [1.165, 1.54) is 6.39 Å². The number of hydrogen-bond donors (Lipinski definition) is 1. The van der Waals surface area contributed by atoms with Crippen molar-refractivity contribution in [2.75, 3.05) is 0 Å². The standard InChI is InChI=1S/C8H14N2O3S/c1-8(2,3)7-6(10-5-13-7)4-14(9,11)12/h5H,4H2,1-3H3,(H2,9,11,12). The van der Waals surface area contributed by atoms with Gasteiger partial charge in [-0.3, -0.25) is 0 Å². The molecule has 14 heavy (non-hydrogen) atoms. The Balaban J connectivity index is 3.06. The number of aromatic nitrogens is 1. The minimum atomic E-state index is -3.55. The second-order valence-electron chi connectivity index (χ2n) is 4.19. The summed E-state index contributed by atoms with van der Waals surface area (Å²) in [7, 11) is -3.55. The lowest BCUT2D eigenvalue weighted by atomic mass is 9.92. The highest BCUT2D eigenvalue weighted by Gasteiger charge is 2.24. The maximum absolute atomic E-state index is 10.9. The average molecular weight is 218 g/mol. The van der Waals surface area contributed by atoms with Crippen LogP contribution >= 0.6 is 0 Å². The molecule has 0 saturated carbocycles. The fourth-order valence-corrected chi connectivity index (χ4v) is 1.76. The molecule has 0 spiro atoms. The van der Waals surface area contributed by atoms with Crippen LogP contribution in [0.2, 0.25) is 0 Å². The maximum Gasteiger partial charge on any atom is 0.214 e. The first-order valence-electron chi connectivity index (χ1n) is 4.13. The van der Waals surface area contributed by atoms with Crippen LogP contribution in [-0.4, -0.2) is 13.4 Å². The highest BCUT2D eigenvalue weighted by molar-refractivity contribution is 7.88. The normalized spacial score (nSPS) is 13.1. The Labute approximate surface area is 83.4 Å². The van der Waals surface area contributed by atoms with Crippen molar-refractivity contribution in [3.8, 4) is 0 Å². The summed E-state index contributed by atoms with van der Waals surface area (Å²) in [4.78, 5) is 3.84. The molecule has 0 aliphatic heterocycles. The molecule has 0 unspecified atom stereocenters. The number of primary sulfonamides is 1. The minimum Gasteiger partial charge on any atom is -0.448 e. The lowest BCUT2D eigenvalue weighted by Crippen LogP contribution is -2.19. The van der Waals surface area contributed by atoms with Crippen molar-refractivity contribution in [2.24, 2.45) is 5.14 Å². The van der Waals surface area contributed by atoms with Crippen molar-refractivity contribution in [2.45, 2.75) is 31.9 Å². The van der Waals surface area contributed by atoms with Gasteiger partial charge in [0.2, 0.25) is 10.0 Å². The molecule has 1 heterocycles. The van der Waals surface area contributed by atoms with Crippen LogP contribution in [0.1, 0.15) is 32.2 Å². The number of nitrogens with two attached hydrogens (primary N) is 1. The summed E-state index contributed by atoms with van der Waals surface area (Å²) < 4.78 is 26.9. The van der Waals surface area contributed by atoms with Crippen molar-refractivity contribution in [3.63, 3.8) is 0 Å². The van der Waals surface area contributed by atoms with E-state index in [1.807, 2.05) is 20.8 Å². The molecule has 0 radical (unpaired) electrons. The van der Waals surface area contributed by atoms with Crippen molar-refractivity contribution in [1.29, 1.82) is 0 Å². The van der Waals surface area contributed by atoms with Crippen LogP contribution in [0.5, 0.6) is 0 Å². The molecule has 6 heteroatoms. The molecule has 0 atom stereocenters. The largest absolute Gasteiger partial charge is 0.448 e. The highest BCUT2D eigenvalue weighted by Crippen LogP contribution is 2.25. The van der Waals surface area contributed by atoms with Gasteiger partial charge in [-0.1, -0.05) is 20.8 Å². The van der Waals surface area contributed by atoms with E-state index in [1.54, 1.807) is 0 Å². The molecule has 1 rings (SSSR count). The van der Waals surface area contributed by atoms with E-state index < -0.39 is 10.0 Å². The summed E-state index contributed by atoms with van der Waals surface area (Å²) >= 11 is 0. The summed E-state index contributed by atoms with van der Waals surface area (Å²) in [5, 5.41) is 4.93. The lowest BCUT2D eigenvalue weighted by Gasteiger charge is -2.15. The van der Waals surface area contributed by atoms with Crippen LogP contribution in [-0.2, 0) is 21.2 Å². The highest BCUT2D eigenvalue weighted by atomic mass is 32.2. The van der Waals surface area contributed by atoms with E-state index in [0.717, 1.165) is 0 Å². The summed E-state index contributed by atoms with van der Waals surface area (Å²) in [6.45, 7) is 5.75. The van der Waals surface area contributed by atoms with Gasteiger partial charge in [0, 0.05) is 5.41 Å². The van der Waals surface area contributed by atoms with Gasteiger partial charge < -0.3 is 4.42 Å². The van der Waals surface area contributed by atoms with E-state index in [9.17, 15) is 8.42 Å². The third-order valence-electron chi connectivity index (χ3n) is 1.66. The van der Waals surface area contributed by atoms with Crippen LogP contribution < -0.4 is 5.14 Å². The van der Waals surface area contributed by atoms with Crippen molar-refractivity contribution < 1.29 is 12.8 Å². The molecule has 0 aliphatic rings. The summed E-state index contributed by atoms with van der Waals surface area (Å²) in [6, 6.07) is 0. The zero-order chi connectivity index (χ0) is 11.0. The Kier molecular flexibility index (Phi) is 2.69. The molecule has 0 saturated heterocycles. The van der Waals surface area contributed by atoms with E-state index in [2.05, 4.69) is 4.98 Å². The molecule has 0 aromatic carbocycles. The Hall–Kier alpha value is -0.880. The SMILES string of the molecule is CC(C)(C)c1ocnc1CS(N)(=O)=O. The molecule has 5 nitrogen and oxygen atoms in total. The Bertz CT molecular complexity index is 414. The van der Waals surface area contributed by atoms with E-state index in [-0.39, 0.29) is 11.2 Å². The quantitative estimate of drug-likeness (QED) is 0.794. The van der Waals surface area contributed by atoms with Gasteiger partial charge in [-0.05, 0) is 0 Å². The molecular weight excluding hydrogens is 204 g/mol. The van der Waals surface area contributed by atoms with Gasteiger partial charge in [0.25, 0.3) is 0 Å². The van der Waals surface area contributed by atoms with E-state index >= 15 is 0 Å². The van der Waals surface area contributed by atoms with Crippen molar-refractivity contribution >= 4 is 10.0 Å². The van der Waals surface area contributed by atoms with Gasteiger partial charge in [-0.15, -0.1) is 0 Å². The fourth-order valence-electron chi connectivity index (χ4n) is 1.17. The van der Waals surface area contributed by atoms with Gasteiger partial charge >= 0.3 is 0 Å². The first kappa shape index (κ1) is 11.2. The third kappa shape index (κ3) is 2.81. The smallest absolute Gasteiger partial charge is 0.214 e. The van der Waals surface area contributed by atoms with Gasteiger partial charge in [-0.25, -0.2) is 18.5 Å². The lowest BCUT2D eigenvalue weighted by molar-refractivity contribution is 0.404. The first-order chi connectivity index (χ1) is 6.20. The topological polar surface area (TPSA) is 86.2 Å². The summed E-state index contributed by atoms with van der Waals surface area (Å²) in [6.07, 6.45) is 1.24. The van der Waals surface area contributed by atoms with E-state index in [0.29, 0.717) is 11.5 Å². The second kappa shape index (κ2) is 3.36. The van der Waals surface area contributed by atoms with Gasteiger partial charge in [0.1, 0.15) is 11.5 Å². The molecule has 1 aromatic heterocycles. The van der Waals surface area contributed by atoms with Crippen LogP contribution in [0.4, 0.5) is 0 Å². The van der Waals surface area contributed by atoms with Crippen molar-refractivity contribution in [3.05, 3.63) is 17.8 Å². The molecule has 0 bridgehead atoms. The molecule has 80 valence electrons. The summed E-state index contributed by atoms with van der Waals surface area (Å²) in [5.41, 5.74) is 0.122. The number of rotatable bonds is 2. The van der Waals surface area contributed by atoms with Crippen LogP contribution in [0.15, 0.2) is 10.8 Å². The monoisotopic (exact) mass is 218 g/mol. The summed E-state index contributed by atoms with van der Waals surface area (Å²) in [5.74, 6) is 0.280. The number of oxazole rings is 1. The molecular formula is C8H14N2O3S. The van der Waals surface area contributed by atoms with Gasteiger partial charge in [0.05, 0.1) is 5.69 Å². The molecule has 0 aliphatic carbocycles. The van der Waals surface area contributed by atoms with Crippen LogP contribution in [0.25, 0.3) is 0 Å². The Morgan fingerprint density at radius 3 is 2.50 bits per heavy atom. The molecule has 1 aromatic rings. The van der Waals surface area contributed by atoms with E-state index in [4.69, 9.17) is 9.56 Å². The second-order valence-corrected chi connectivity index (χ2v) is 5.80. The first-order valence-corrected chi connectivity index (χ1v) is 5.85. The Morgan fingerprint density at radius 2 is 2.07 bits per heavy atom. The predicted octanol–water partition coefficient (Wildman–Crippen LogP) is 0.761. The molecule has 2 N–H and O–H groups in total. The number of sulfonamides is 1. The maximum atomic E-state index is 10.9. The van der Waals surface area contributed by atoms with Crippen LogP contribution in [0, 0.1) is 0 Å². The predicted molar refractivity (Wildman–Crippen MR) is 52.0 cm³/mol. The average Bonchev–Trinajstić information content (AvgIpc) is 2.29. The van der Waals surface area contributed by atoms with Crippen molar-refractivity contribution in [1.82, 2.24) is 4.98 Å². The zero-order valence-corrected chi connectivity index (χ0v) is 9.26. The fraction of sp³-hybridized carbons (Fsp3) is 0.625.